The van der Waals surface area contributed by atoms with Gasteiger partial charge in [-0.25, -0.2) is 0 Å². The number of likely N-dealkylation sites (N-methyl/N-ethyl adjacent to an activating group) is 1. The lowest BCUT2D eigenvalue weighted by molar-refractivity contribution is -0.129. The van der Waals surface area contributed by atoms with Crippen molar-refractivity contribution in [3.8, 4) is 17.2 Å². The fourth-order valence-electron chi connectivity index (χ4n) is 2.50. The molecule has 1 fully saturated rings. The van der Waals surface area contributed by atoms with Crippen LogP contribution in [0.1, 0.15) is 17.4 Å². The smallest absolute Gasteiger partial charge is 0.259 e. The van der Waals surface area contributed by atoms with Gasteiger partial charge in [-0.15, -0.1) is 11.3 Å². The van der Waals surface area contributed by atoms with Gasteiger partial charge in [0.05, 0.1) is 11.6 Å². The Morgan fingerprint density at radius 3 is 2.77 bits per heavy atom. The Morgan fingerprint density at radius 2 is 2.14 bits per heavy atom. The first kappa shape index (κ1) is 14.3. The van der Waals surface area contributed by atoms with Crippen molar-refractivity contribution in [2.75, 3.05) is 7.05 Å². The van der Waals surface area contributed by atoms with Crippen molar-refractivity contribution in [2.45, 2.75) is 12.5 Å². The Kier molecular flexibility index (Phi) is 3.23. The van der Waals surface area contributed by atoms with E-state index in [-0.39, 0.29) is 11.9 Å². The first-order valence-electron chi connectivity index (χ1n) is 6.70. The van der Waals surface area contributed by atoms with Crippen LogP contribution in [-0.2, 0) is 10.3 Å². The van der Waals surface area contributed by atoms with Crippen LogP contribution in [0.25, 0.3) is 11.1 Å². The van der Waals surface area contributed by atoms with Crippen LogP contribution < -0.4 is 5.32 Å². The van der Waals surface area contributed by atoms with Gasteiger partial charge in [0.25, 0.3) is 5.91 Å². The Bertz CT molecular complexity index is 820. The van der Waals surface area contributed by atoms with E-state index in [4.69, 9.17) is 10.7 Å². The van der Waals surface area contributed by atoms with Gasteiger partial charge in [-0.05, 0) is 41.6 Å². The van der Waals surface area contributed by atoms with Crippen LogP contribution in [0.15, 0.2) is 35.7 Å². The van der Waals surface area contributed by atoms with E-state index in [1.54, 1.807) is 20.0 Å². The fraction of sp³-hybridized carbons (Fsp3) is 0.188. The number of nitrogens with one attached hydrogen (secondary N) is 2. The molecule has 0 aliphatic carbocycles. The van der Waals surface area contributed by atoms with E-state index >= 15 is 0 Å². The van der Waals surface area contributed by atoms with Crippen LogP contribution in [-0.4, -0.2) is 23.8 Å². The van der Waals surface area contributed by atoms with Crippen molar-refractivity contribution in [3.63, 3.8) is 0 Å². The molecule has 2 aromatic rings. The van der Waals surface area contributed by atoms with E-state index in [1.807, 2.05) is 29.6 Å². The van der Waals surface area contributed by atoms with Gasteiger partial charge in [0.1, 0.15) is 0 Å². The van der Waals surface area contributed by atoms with Crippen LogP contribution in [0.3, 0.4) is 0 Å². The summed E-state index contributed by atoms with van der Waals surface area (Å²) in [7, 11) is 1.59. The van der Waals surface area contributed by atoms with Crippen molar-refractivity contribution in [3.05, 3.63) is 46.2 Å². The van der Waals surface area contributed by atoms with E-state index < -0.39 is 5.54 Å². The lowest BCUT2D eigenvalue weighted by Crippen LogP contribution is -2.39. The van der Waals surface area contributed by atoms with E-state index in [1.165, 1.54) is 16.2 Å². The summed E-state index contributed by atoms with van der Waals surface area (Å²) < 4.78 is 0. The third kappa shape index (κ3) is 2.07. The normalized spacial score (nSPS) is 20.9. The zero-order chi connectivity index (χ0) is 15.9. The maximum absolute atomic E-state index is 12.4. The second-order valence-corrected chi connectivity index (χ2v) is 6.27. The van der Waals surface area contributed by atoms with Gasteiger partial charge in [0.15, 0.2) is 11.5 Å². The topological polar surface area (TPSA) is 80.0 Å². The van der Waals surface area contributed by atoms with Crippen molar-refractivity contribution in [1.29, 1.82) is 10.7 Å². The predicted molar refractivity (Wildman–Crippen MR) is 85.5 cm³/mol. The molecule has 3 rings (SSSR count). The van der Waals surface area contributed by atoms with E-state index in [0.717, 1.165) is 16.0 Å². The summed E-state index contributed by atoms with van der Waals surface area (Å²) >= 11 is 1.47. The predicted octanol–water partition coefficient (Wildman–Crippen LogP) is 2.50. The second-order valence-electron chi connectivity index (χ2n) is 5.36. The molecule has 1 aliphatic heterocycles. The van der Waals surface area contributed by atoms with Crippen LogP contribution in [0.2, 0.25) is 0 Å². The molecule has 1 amide bonds. The third-order valence-electron chi connectivity index (χ3n) is 3.85. The van der Waals surface area contributed by atoms with Gasteiger partial charge in [-0.1, -0.05) is 12.1 Å². The maximum atomic E-state index is 12.4. The molecule has 22 heavy (non-hydrogen) atoms. The summed E-state index contributed by atoms with van der Waals surface area (Å²) in [5.74, 6) is -0.0365. The van der Waals surface area contributed by atoms with Crippen LogP contribution in [0.5, 0.6) is 0 Å². The highest BCUT2D eigenvalue weighted by Crippen LogP contribution is 2.35. The van der Waals surface area contributed by atoms with Crippen LogP contribution in [0, 0.1) is 16.7 Å². The highest BCUT2D eigenvalue weighted by atomic mass is 32.1. The average molecular weight is 310 g/mol. The Hall–Kier alpha value is -2.65. The number of guanidine groups is 1. The second kappa shape index (κ2) is 4.97. The van der Waals surface area contributed by atoms with Crippen molar-refractivity contribution in [1.82, 2.24) is 10.2 Å². The van der Waals surface area contributed by atoms with Gasteiger partial charge in [-0.3, -0.25) is 15.1 Å². The summed E-state index contributed by atoms with van der Waals surface area (Å²) in [6.07, 6.45) is 0. The Labute approximate surface area is 132 Å². The molecule has 1 saturated heterocycles. The molecule has 5 nitrogen and oxygen atoms in total. The monoisotopic (exact) mass is 310 g/mol. The fourth-order valence-corrected chi connectivity index (χ4v) is 3.52. The number of carbonyl (C=O) groups excluding carboxylic acids is 1. The number of hydrogen-bond acceptors (Lipinski definition) is 4. The number of benzene rings is 1. The van der Waals surface area contributed by atoms with Crippen LogP contribution in [0.4, 0.5) is 0 Å². The zero-order valence-electron chi connectivity index (χ0n) is 12.2. The molecule has 110 valence electrons. The van der Waals surface area contributed by atoms with Gasteiger partial charge in [0.2, 0.25) is 0 Å². The van der Waals surface area contributed by atoms with Crippen LogP contribution >= 0.6 is 11.3 Å². The van der Waals surface area contributed by atoms with Crippen molar-refractivity contribution >= 4 is 23.2 Å². The van der Waals surface area contributed by atoms with Gasteiger partial charge < -0.3 is 5.32 Å². The Balaban J connectivity index is 1.99. The molecule has 1 aromatic carbocycles. The molecule has 1 unspecified atom stereocenters. The number of thiophene rings is 1. The van der Waals surface area contributed by atoms with E-state index in [9.17, 15) is 4.79 Å². The summed E-state index contributed by atoms with van der Waals surface area (Å²) in [5, 5.41) is 21.7. The molecule has 2 heterocycles. The first-order valence-corrected chi connectivity index (χ1v) is 7.58. The van der Waals surface area contributed by atoms with Gasteiger partial charge >= 0.3 is 0 Å². The summed E-state index contributed by atoms with van der Waals surface area (Å²) in [4.78, 5) is 14.5. The number of carbonyl (C=O) groups is 1. The molecular weight excluding hydrogens is 296 g/mol. The summed E-state index contributed by atoms with van der Waals surface area (Å²) in [5.41, 5.74) is 1.61. The minimum Gasteiger partial charge on any atom is -0.338 e. The maximum Gasteiger partial charge on any atom is 0.259 e. The minimum atomic E-state index is -0.901. The lowest BCUT2D eigenvalue weighted by Gasteiger charge is -2.19. The molecule has 0 spiro atoms. The number of rotatable bonds is 2. The van der Waals surface area contributed by atoms with Gasteiger partial charge in [0, 0.05) is 11.9 Å². The highest BCUT2D eigenvalue weighted by molar-refractivity contribution is 7.10. The van der Waals surface area contributed by atoms with Crippen molar-refractivity contribution < 1.29 is 4.79 Å². The summed E-state index contributed by atoms with van der Waals surface area (Å²) in [6, 6.07) is 11.4. The average Bonchev–Trinajstić information content (AvgIpc) is 3.09. The molecule has 0 bridgehead atoms. The number of hydrogen-bond donors (Lipinski definition) is 2. The standard InChI is InChI=1S/C16H14N4OS/c1-16(14(21)20(2)15(18)19-16)13-7-12(9-22-13)11-5-3-4-10(6-11)8-17/h3-7,9H,1-2H3,(H2,18,19). The minimum absolute atomic E-state index is 0.105. The number of amides is 1. The molecule has 1 aromatic heterocycles. The number of nitrogens with zero attached hydrogens (tertiary/aromatic N) is 2. The molecule has 2 N–H and O–H groups in total. The lowest BCUT2D eigenvalue weighted by atomic mass is 9.98. The first-order chi connectivity index (χ1) is 10.5. The molecule has 0 radical (unpaired) electrons. The SMILES string of the molecule is CN1C(=N)NC(C)(c2cc(-c3cccc(C#N)c3)cs2)C1=O. The molecule has 1 atom stereocenters. The van der Waals surface area contributed by atoms with E-state index in [2.05, 4.69) is 11.4 Å². The summed E-state index contributed by atoms with van der Waals surface area (Å²) in [6.45, 7) is 1.79. The quantitative estimate of drug-likeness (QED) is 0.894. The number of nitriles is 1. The largest absolute Gasteiger partial charge is 0.338 e. The molecule has 1 aliphatic rings. The third-order valence-corrected chi connectivity index (χ3v) is 5.01. The highest BCUT2D eigenvalue weighted by Gasteiger charge is 2.46. The Morgan fingerprint density at radius 1 is 1.36 bits per heavy atom. The van der Waals surface area contributed by atoms with Crippen molar-refractivity contribution in [2.24, 2.45) is 0 Å². The van der Waals surface area contributed by atoms with E-state index in [0.29, 0.717) is 5.56 Å². The van der Waals surface area contributed by atoms with Gasteiger partial charge in [-0.2, -0.15) is 5.26 Å². The molecule has 0 saturated carbocycles. The zero-order valence-corrected chi connectivity index (χ0v) is 13.0. The molecular formula is C16H14N4OS. The molecule has 6 heteroatoms.